The molecule has 3 rings (SSSR count). The number of benzene rings is 1. The summed E-state index contributed by atoms with van der Waals surface area (Å²) in [5.74, 6) is 1.19. The van der Waals surface area contributed by atoms with Crippen molar-refractivity contribution in [3.05, 3.63) is 44.7 Å². The van der Waals surface area contributed by atoms with E-state index in [1.54, 1.807) is 18.2 Å². The van der Waals surface area contributed by atoms with Crippen LogP contribution in [0.5, 0.6) is 0 Å². The molecular formula is C15H12Cl4N2O. The maximum Gasteiger partial charge on any atom is 0.249 e. The normalized spacial score (nSPS) is 22.5. The van der Waals surface area contributed by atoms with E-state index in [9.17, 15) is 0 Å². The molecule has 0 bridgehead atoms. The minimum Gasteiger partial charge on any atom is -0.420 e. The first-order valence-electron chi connectivity index (χ1n) is 6.62. The number of hydrogen-bond acceptors (Lipinski definition) is 3. The molecule has 0 aliphatic heterocycles. The fourth-order valence-electron chi connectivity index (χ4n) is 2.73. The number of rotatable bonds is 3. The summed E-state index contributed by atoms with van der Waals surface area (Å²) in [6.45, 7) is 4.21. The van der Waals surface area contributed by atoms with E-state index in [1.165, 1.54) is 0 Å². The number of hydrogen-bond donors (Lipinski definition) is 0. The molecule has 0 radical (unpaired) electrons. The third kappa shape index (κ3) is 2.88. The lowest BCUT2D eigenvalue weighted by atomic mass is 10.1. The van der Waals surface area contributed by atoms with Crippen LogP contribution in [0.25, 0.3) is 11.5 Å². The predicted octanol–water partition coefficient (Wildman–Crippen LogP) is 6.10. The van der Waals surface area contributed by atoms with Crippen LogP contribution >= 0.6 is 46.4 Å². The molecule has 1 saturated carbocycles. The summed E-state index contributed by atoms with van der Waals surface area (Å²) in [6.07, 6.45) is 1.81. The van der Waals surface area contributed by atoms with E-state index < -0.39 is 0 Å². The fourth-order valence-corrected chi connectivity index (χ4v) is 3.49. The van der Waals surface area contributed by atoms with E-state index in [2.05, 4.69) is 24.0 Å². The van der Waals surface area contributed by atoms with Crippen LogP contribution < -0.4 is 0 Å². The minimum atomic E-state index is -0.0252. The van der Waals surface area contributed by atoms with Crippen molar-refractivity contribution < 1.29 is 4.42 Å². The van der Waals surface area contributed by atoms with E-state index in [4.69, 9.17) is 50.8 Å². The number of allylic oxidation sites excluding steroid dienone is 1. The van der Waals surface area contributed by atoms with Crippen molar-refractivity contribution in [2.45, 2.75) is 19.8 Å². The Morgan fingerprint density at radius 3 is 2.59 bits per heavy atom. The lowest BCUT2D eigenvalue weighted by molar-refractivity contribution is 0.476. The summed E-state index contributed by atoms with van der Waals surface area (Å²) in [7, 11) is 0. The molecule has 1 fully saturated rings. The van der Waals surface area contributed by atoms with Crippen LogP contribution in [0.1, 0.15) is 25.7 Å². The first-order valence-corrected chi connectivity index (χ1v) is 8.13. The van der Waals surface area contributed by atoms with Gasteiger partial charge in [0.15, 0.2) is 0 Å². The molecule has 2 aromatic rings. The highest BCUT2D eigenvalue weighted by Gasteiger charge is 2.60. The first-order chi connectivity index (χ1) is 10.3. The van der Waals surface area contributed by atoms with Gasteiger partial charge in [-0.3, -0.25) is 0 Å². The van der Waals surface area contributed by atoms with Gasteiger partial charge in [0, 0.05) is 10.9 Å². The van der Waals surface area contributed by atoms with Crippen LogP contribution in [0.3, 0.4) is 0 Å². The van der Waals surface area contributed by atoms with Gasteiger partial charge >= 0.3 is 0 Å². The van der Waals surface area contributed by atoms with Crippen LogP contribution in [0.15, 0.2) is 33.2 Å². The molecule has 0 saturated heterocycles. The Labute approximate surface area is 148 Å². The van der Waals surface area contributed by atoms with E-state index in [0.29, 0.717) is 27.4 Å². The lowest BCUT2D eigenvalue weighted by Gasteiger charge is -1.99. The van der Waals surface area contributed by atoms with Gasteiger partial charge in [-0.2, -0.15) is 0 Å². The summed E-state index contributed by atoms with van der Waals surface area (Å²) in [5.41, 5.74) is 0.633. The summed E-state index contributed by atoms with van der Waals surface area (Å²) >= 11 is 23.6. The second kappa shape index (κ2) is 5.72. The van der Waals surface area contributed by atoms with Gasteiger partial charge in [0.05, 0.1) is 10.6 Å². The van der Waals surface area contributed by atoms with E-state index in [0.717, 1.165) is 0 Å². The molecule has 1 aliphatic carbocycles. The summed E-state index contributed by atoms with van der Waals surface area (Å²) in [4.78, 5) is 0. The SMILES string of the molecule is CC1(C)[C@@H](C=C(Cl)Cl)[C@@H]1c1nnc(-c2ccc(Cl)cc2Cl)o1. The molecule has 7 heteroatoms. The highest BCUT2D eigenvalue weighted by Crippen LogP contribution is 2.65. The average molecular weight is 378 g/mol. The van der Waals surface area contributed by atoms with Gasteiger partial charge in [-0.15, -0.1) is 10.2 Å². The van der Waals surface area contributed by atoms with Gasteiger partial charge in [-0.25, -0.2) is 0 Å². The molecule has 22 heavy (non-hydrogen) atoms. The van der Waals surface area contributed by atoms with Crippen molar-refractivity contribution in [3.63, 3.8) is 0 Å². The number of aromatic nitrogens is 2. The zero-order valence-corrected chi connectivity index (χ0v) is 14.8. The maximum atomic E-state index is 6.17. The third-order valence-corrected chi connectivity index (χ3v) is 4.88. The number of halogens is 4. The molecule has 3 nitrogen and oxygen atoms in total. The Morgan fingerprint density at radius 2 is 1.95 bits per heavy atom. The van der Waals surface area contributed by atoms with Crippen molar-refractivity contribution in [1.82, 2.24) is 10.2 Å². The van der Waals surface area contributed by atoms with E-state index >= 15 is 0 Å². The van der Waals surface area contributed by atoms with Gasteiger partial charge in [0.1, 0.15) is 4.49 Å². The van der Waals surface area contributed by atoms with Crippen LogP contribution in [-0.4, -0.2) is 10.2 Å². The van der Waals surface area contributed by atoms with Gasteiger partial charge in [0.2, 0.25) is 11.8 Å². The zero-order chi connectivity index (χ0) is 16.1. The standard InChI is InChI=1S/C15H12Cl4N2O/c1-15(2)9(6-11(18)19)12(15)14-21-20-13(22-14)8-4-3-7(16)5-10(8)17/h3-6,9,12H,1-2H3/t9-,12+/m0/s1. The molecule has 1 heterocycles. The van der Waals surface area contributed by atoms with Crippen molar-refractivity contribution >= 4 is 46.4 Å². The Morgan fingerprint density at radius 1 is 1.23 bits per heavy atom. The molecule has 1 aliphatic rings. The Kier molecular flexibility index (Phi) is 4.19. The second-order valence-corrected chi connectivity index (χ2v) is 7.70. The number of nitrogens with zero attached hydrogens (tertiary/aromatic N) is 2. The summed E-state index contributed by atoms with van der Waals surface area (Å²) in [6, 6.07) is 5.13. The van der Waals surface area contributed by atoms with Gasteiger partial charge in [0.25, 0.3) is 0 Å². The fraction of sp³-hybridized carbons (Fsp3) is 0.333. The van der Waals surface area contributed by atoms with Crippen LogP contribution in [0.2, 0.25) is 10.0 Å². The average Bonchev–Trinajstić information content (AvgIpc) is 2.77. The molecular weight excluding hydrogens is 366 g/mol. The molecule has 0 unspecified atom stereocenters. The van der Waals surface area contributed by atoms with Crippen LogP contribution in [0, 0.1) is 11.3 Å². The minimum absolute atomic E-state index is 0.0252. The predicted molar refractivity (Wildman–Crippen MR) is 89.6 cm³/mol. The molecule has 1 aromatic carbocycles. The monoisotopic (exact) mass is 376 g/mol. The highest BCUT2D eigenvalue weighted by molar-refractivity contribution is 6.55. The van der Waals surface area contributed by atoms with Crippen molar-refractivity contribution in [3.8, 4) is 11.5 Å². The Bertz CT molecular complexity index is 750. The molecule has 1 aromatic heterocycles. The Balaban J connectivity index is 1.91. The molecule has 0 spiro atoms. The quantitative estimate of drug-likeness (QED) is 0.648. The topological polar surface area (TPSA) is 38.9 Å². The van der Waals surface area contributed by atoms with Crippen molar-refractivity contribution in [2.24, 2.45) is 11.3 Å². The van der Waals surface area contributed by atoms with E-state index in [-0.39, 0.29) is 21.7 Å². The lowest BCUT2D eigenvalue weighted by Crippen LogP contribution is -1.90. The highest BCUT2D eigenvalue weighted by atomic mass is 35.5. The first kappa shape index (κ1) is 16.1. The van der Waals surface area contributed by atoms with Crippen molar-refractivity contribution in [1.29, 1.82) is 0 Å². The Hall–Kier alpha value is -0.740. The van der Waals surface area contributed by atoms with Gasteiger partial charge in [-0.1, -0.05) is 60.3 Å². The van der Waals surface area contributed by atoms with E-state index in [1.807, 2.05) is 6.08 Å². The zero-order valence-electron chi connectivity index (χ0n) is 11.8. The third-order valence-electron chi connectivity index (χ3n) is 4.08. The summed E-state index contributed by atoms with van der Waals surface area (Å²) < 4.78 is 6.05. The largest absolute Gasteiger partial charge is 0.420 e. The maximum absolute atomic E-state index is 6.17. The molecule has 0 amide bonds. The van der Waals surface area contributed by atoms with Crippen molar-refractivity contribution in [2.75, 3.05) is 0 Å². The smallest absolute Gasteiger partial charge is 0.249 e. The van der Waals surface area contributed by atoms with Gasteiger partial charge in [-0.05, 0) is 35.6 Å². The molecule has 2 atom stereocenters. The molecule has 0 N–H and O–H groups in total. The molecule has 116 valence electrons. The van der Waals surface area contributed by atoms with Gasteiger partial charge < -0.3 is 4.42 Å². The second-order valence-electron chi connectivity index (χ2n) is 5.85. The van der Waals surface area contributed by atoms with Crippen LogP contribution in [0.4, 0.5) is 0 Å². The van der Waals surface area contributed by atoms with Crippen LogP contribution in [-0.2, 0) is 0 Å². The summed E-state index contributed by atoms with van der Waals surface area (Å²) in [5, 5.41) is 9.26.